The number of ether oxygens (including phenoxy) is 1. The van der Waals surface area contributed by atoms with Crippen LogP contribution in [0.3, 0.4) is 0 Å². The first kappa shape index (κ1) is 12.7. The van der Waals surface area contributed by atoms with Gasteiger partial charge in [-0.05, 0) is 54.1 Å². The lowest BCUT2D eigenvalue weighted by Crippen LogP contribution is -2.13. The van der Waals surface area contributed by atoms with E-state index < -0.39 is 0 Å². The molecule has 1 aromatic carbocycles. The topological polar surface area (TPSA) is 34.4 Å². The van der Waals surface area contributed by atoms with Crippen LogP contribution in [0.25, 0.3) is 11.8 Å². The summed E-state index contributed by atoms with van der Waals surface area (Å²) in [5.41, 5.74) is 2.99. The van der Waals surface area contributed by atoms with Gasteiger partial charge in [-0.25, -0.2) is 0 Å². The predicted octanol–water partition coefficient (Wildman–Crippen LogP) is 3.64. The third-order valence-electron chi connectivity index (χ3n) is 3.05. The fourth-order valence-electron chi connectivity index (χ4n) is 2.01. The zero-order valence-corrected chi connectivity index (χ0v) is 11.7. The van der Waals surface area contributed by atoms with E-state index >= 15 is 0 Å². The lowest BCUT2D eigenvalue weighted by atomic mass is 10.1. The Balaban J connectivity index is 1.89. The average Bonchev–Trinajstić information content (AvgIpc) is 3.10. The fraction of sp³-hybridized carbons (Fsp3) is 0.0625. The minimum Gasteiger partial charge on any atom is -0.497 e. The van der Waals surface area contributed by atoms with Crippen LogP contribution in [0.4, 0.5) is 0 Å². The molecule has 0 amide bonds. The molecule has 100 valence electrons. The van der Waals surface area contributed by atoms with Crippen LogP contribution in [0.2, 0.25) is 0 Å². The van der Waals surface area contributed by atoms with Crippen LogP contribution in [0.5, 0.6) is 5.75 Å². The first-order valence-electron chi connectivity index (χ1n) is 6.19. The third-order valence-corrected chi connectivity index (χ3v) is 3.39. The molecule has 0 atom stereocenters. The van der Waals surface area contributed by atoms with Crippen LogP contribution in [0, 0.1) is 0 Å². The number of methoxy groups -OCH3 is 1. The first-order valence-corrected chi connectivity index (χ1v) is 6.60. The molecule has 0 bridgehead atoms. The second-order valence-electron chi connectivity index (χ2n) is 4.36. The molecule has 0 saturated carbocycles. The highest BCUT2D eigenvalue weighted by Crippen LogP contribution is 2.24. The van der Waals surface area contributed by atoms with Crippen molar-refractivity contribution in [2.24, 2.45) is 0 Å². The SMILES string of the molecule is COc1ccc(C2=C/C(=C\c3ccco3)C(=S)N2)cc1. The van der Waals surface area contributed by atoms with Gasteiger partial charge in [-0.3, -0.25) is 0 Å². The average molecular weight is 283 g/mol. The van der Waals surface area contributed by atoms with Crippen LogP contribution in [-0.2, 0) is 0 Å². The van der Waals surface area contributed by atoms with E-state index in [1.54, 1.807) is 13.4 Å². The number of furan rings is 1. The molecular formula is C16H13NO2S. The summed E-state index contributed by atoms with van der Waals surface area (Å²) in [7, 11) is 1.65. The van der Waals surface area contributed by atoms with Crippen molar-refractivity contribution in [2.45, 2.75) is 0 Å². The standard InChI is InChI=1S/C16H13NO2S/c1-18-13-6-4-11(5-7-13)15-10-12(16(20)17-15)9-14-3-2-8-19-14/h2-10H,1H3,(H,17,20)/b12-9+. The third kappa shape index (κ3) is 2.51. The van der Waals surface area contributed by atoms with Gasteiger partial charge in [-0.1, -0.05) is 12.2 Å². The molecule has 0 spiro atoms. The number of hydrogen-bond donors (Lipinski definition) is 1. The van der Waals surface area contributed by atoms with Gasteiger partial charge in [0, 0.05) is 11.3 Å². The quantitative estimate of drug-likeness (QED) is 0.689. The van der Waals surface area contributed by atoms with E-state index in [0.717, 1.165) is 28.3 Å². The van der Waals surface area contributed by atoms with Gasteiger partial charge in [0.05, 0.1) is 13.4 Å². The van der Waals surface area contributed by atoms with Crippen LogP contribution in [-0.4, -0.2) is 12.1 Å². The van der Waals surface area contributed by atoms with E-state index in [1.165, 1.54) is 0 Å². The van der Waals surface area contributed by atoms with Crippen molar-refractivity contribution in [1.29, 1.82) is 0 Å². The van der Waals surface area contributed by atoms with Crippen molar-refractivity contribution in [2.75, 3.05) is 7.11 Å². The number of benzene rings is 1. The Bertz CT molecular complexity index is 682. The molecule has 0 radical (unpaired) electrons. The van der Waals surface area contributed by atoms with Crippen molar-refractivity contribution in [3.63, 3.8) is 0 Å². The number of nitrogens with one attached hydrogen (secondary N) is 1. The van der Waals surface area contributed by atoms with E-state index in [-0.39, 0.29) is 0 Å². The van der Waals surface area contributed by atoms with Crippen molar-refractivity contribution in [3.05, 3.63) is 65.6 Å². The molecule has 3 rings (SSSR count). The Morgan fingerprint density at radius 1 is 1.20 bits per heavy atom. The van der Waals surface area contributed by atoms with Gasteiger partial charge in [0.1, 0.15) is 16.5 Å². The summed E-state index contributed by atoms with van der Waals surface area (Å²) in [6.07, 6.45) is 5.59. The molecule has 3 nitrogen and oxygen atoms in total. The van der Waals surface area contributed by atoms with Crippen molar-refractivity contribution < 1.29 is 9.15 Å². The highest BCUT2D eigenvalue weighted by molar-refractivity contribution is 7.80. The van der Waals surface area contributed by atoms with Crippen LogP contribution in [0.15, 0.2) is 58.7 Å². The van der Waals surface area contributed by atoms with Gasteiger partial charge in [-0.15, -0.1) is 0 Å². The molecule has 1 N–H and O–H groups in total. The van der Waals surface area contributed by atoms with E-state index in [4.69, 9.17) is 21.4 Å². The summed E-state index contributed by atoms with van der Waals surface area (Å²) in [5.74, 6) is 1.62. The van der Waals surface area contributed by atoms with Crippen LogP contribution >= 0.6 is 12.2 Å². The Labute approximate surface area is 122 Å². The lowest BCUT2D eigenvalue weighted by Gasteiger charge is -2.05. The van der Waals surface area contributed by atoms with Crippen LogP contribution < -0.4 is 10.1 Å². The predicted molar refractivity (Wildman–Crippen MR) is 83.4 cm³/mol. The lowest BCUT2D eigenvalue weighted by molar-refractivity contribution is 0.415. The molecule has 20 heavy (non-hydrogen) atoms. The molecule has 1 aliphatic heterocycles. The zero-order valence-electron chi connectivity index (χ0n) is 10.9. The van der Waals surface area contributed by atoms with Gasteiger partial charge in [0.2, 0.25) is 0 Å². The smallest absolute Gasteiger partial charge is 0.127 e. The van der Waals surface area contributed by atoms with Gasteiger partial charge in [-0.2, -0.15) is 0 Å². The molecule has 2 heterocycles. The summed E-state index contributed by atoms with van der Waals surface area (Å²) in [5, 5.41) is 3.21. The van der Waals surface area contributed by atoms with E-state index in [0.29, 0.717) is 4.99 Å². The van der Waals surface area contributed by atoms with E-state index in [9.17, 15) is 0 Å². The maximum atomic E-state index is 5.34. The summed E-state index contributed by atoms with van der Waals surface area (Å²) < 4.78 is 10.5. The minimum absolute atomic E-state index is 0.701. The Hall–Kier alpha value is -2.33. The largest absolute Gasteiger partial charge is 0.497 e. The Kier molecular flexibility index (Phi) is 3.39. The fourth-order valence-corrected chi connectivity index (χ4v) is 2.24. The molecule has 1 aromatic heterocycles. The molecule has 4 heteroatoms. The number of rotatable bonds is 3. The van der Waals surface area contributed by atoms with Gasteiger partial charge < -0.3 is 14.5 Å². The summed E-state index contributed by atoms with van der Waals surface area (Å²) >= 11 is 5.34. The van der Waals surface area contributed by atoms with Crippen molar-refractivity contribution >= 4 is 29.0 Å². The first-order chi connectivity index (χ1) is 9.76. The van der Waals surface area contributed by atoms with E-state index in [2.05, 4.69) is 5.32 Å². The van der Waals surface area contributed by atoms with Gasteiger partial charge in [0.25, 0.3) is 0 Å². The highest BCUT2D eigenvalue weighted by Gasteiger charge is 2.16. The normalized spacial score (nSPS) is 16.1. The maximum absolute atomic E-state index is 5.34. The Morgan fingerprint density at radius 3 is 2.65 bits per heavy atom. The monoisotopic (exact) mass is 283 g/mol. The van der Waals surface area contributed by atoms with Gasteiger partial charge >= 0.3 is 0 Å². The van der Waals surface area contributed by atoms with Crippen LogP contribution in [0.1, 0.15) is 11.3 Å². The highest BCUT2D eigenvalue weighted by atomic mass is 32.1. The molecule has 0 fully saturated rings. The Morgan fingerprint density at radius 2 is 2.00 bits per heavy atom. The number of thiocarbonyl (C=S) groups is 1. The second-order valence-corrected chi connectivity index (χ2v) is 4.76. The molecule has 0 aliphatic carbocycles. The molecule has 1 aliphatic rings. The van der Waals surface area contributed by atoms with Crippen molar-refractivity contribution in [1.82, 2.24) is 5.32 Å². The minimum atomic E-state index is 0.701. The zero-order chi connectivity index (χ0) is 13.9. The molecule has 0 saturated heterocycles. The summed E-state index contributed by atoms with van der Waals surface area (Å²) in [4.78, 5) is 0.701. The van der Waals surface area contributed by atoms with Crippen molar-refractivity contribution in [3.8, 4) is 5.75 Å². The van der Waals surface area contributed by atoms with E-state index in [1.807, 2.05) is 48.6 Å². The summed E-state index contributed by atoms with van der Waals surface area (Å²) in [6.45, 7) is 0. The molecule has 0 unspecified atom stereocenters. The second kappa shape index (κ2) is 5.35. The van der Waals surface area contributed by atoms with Gasteiger partial charge in [0.15, 0.2) is 0 Å². The maximum Gasteiger partial charge on any atom is 0.127 e. The number of hydrogen-bond acceptors (Lipinski definition) is 3. The summed E-state index contributed by atoms with van der Waals surface area (Å²) in [6, 6.07) is 11.6. The molecule has 2 aromatic rings. The molecular weight excluding hydrogens is 270 g/mol.